The van der Waals surface area contributed by atoms with Crippen molar-refractivity contribution in [1.29, 1.82) is 0 Å². The molecule has 0 unspecified atom stereocenters. The number of pyridine rings is 1. The average Bonchev–Trinajstić information content (AvgIpc) is 3.35. The lowest BCUT2D eigenvalue weighted by molar-refractivity contribution is -0.143. The number of carbonyl (C=O) groups is 1. The molecule has 0 aliphatic carbocycles. The van der Waals surface area contributed by atoms with E-state index in [1.807, 2.05) is 0 Å². The van der Waals surface area contributed by atoms with Gasteiger partial charge in [0.05, 0.1) is 18.8 Å². The molecule has 9 heteroatoms. The van der Waals surface area contributed by atoms with Crippen LogP contribution in [0.1, 0.15) is 80.3 Å². The minimum Gasteiger partial charge on any atom is -0.493 e. The Morgan fingerprint density at radius 1 is 1.26 bits per heavy atom. The molecule has 3 heterocycles. The summed E-state index contributed by atoms with van der Waals surface area (Å²) in [7, 11) is 1.23. The van der Waals surface area contributed by atoms with Crippen molar-refractivity contribution in [3.05, 3.63) is 52.2 Å². The molecule has 1 saturated heterocycles. The number of rotatable bonds is 12. The van der Waals surface area contributed by atoms with Gasteiger partial charge in [-0.2, -0.15) is 0 Å². The lowest BCUT2D eigenvalue weighted by Crippen LogP contribution is -2.35. The molecule has 0 amide bonds. The number of aliphatic carboxylic acids is 1. The first-order valence-corrected chi connectivity index (χ1v) is 13.7. The lowest BCUT2D eigenvalue weighted by atomic mass is 9.94. The van der Waals surface area contributed by atoms with E-state index in [0.29, 0.717) is 26.1 Å². The van der Waals surface area contributed by atoms with Crippen LogP contribution in [0.4, 0.5) is 14.6 Å². The number of fused-ring (bicyclic) bond motifs is 1. The largest absolute Gasteiger partial charge is 0.493 e. The quantitative estimate of drug-likeness (QED) is 0.351. The smallest absolute Gasteiger partial charge is 0.325 e. The molecule has 2 atom stereocenters. The van der Waals surface area contributed by atoms with Crippen molar-refractivity contribution in [2.75, 3.05) is 38.7 Å². The van der Waals surface area contributed by atoms with Crippen LogP contribution in [0.2, 0.25) is 0 Å². The van der Waals surface area contributed by atoms with Crippen molar-refractivity contribution in [1.82, 2.24) is 9.88 Å². The molecular weight excluding hydrogens is 492 g/mol. The Labute approximate surface area is 223 Å². The van der Waals surface area contributed by atoms with Crippen molar-refractivity contribution in [3.8, 4) is 5.75 Å². The summed E-state index contributed by atoms with van der Waals surface area (Å²) in [4.78, 5) is 18.7. The highest BCUT2D eigenvalue weighted by atomic mass is 19.1. The summed E-state index contributed by atoms with van der Waals surface area (Å²) in [5.74, 6) is -2.36. The zero-order valence-corrected chi connectivity index (χ0v) is 22.6. The number of carboxylic acid groups (broad SMARTS) is 1. The fourth-order valence-corrected chi connectivity index (χ4v) is 5.45. The zero-order chi connectivity index (χ0) is 27.2. The Morgan fingerprint density at radius 3 is 2.82 bits per heavy atom. The van der Waals surface area contributed by atoms with Crippen LogP contribution in [0.15, 0.2) is 18.2 Å². The Kier molecular flexibility index (Phi) is 9.54. The van der Waals surface area contributed by atoms with Crippen LogP contribution in [0, 0.1) is 11.6 Å². The molecule has 2 aliphatic heterocycles. The Morgan fingerprint density at radius 2 is 2.08 bits per heavy atom. The molecule has 0 radical (unpaired) electrons. The first-order valence-electron chi connectivity index (χ1n) is 13.7. The standard InChI is InChI=1S/C29H39F2N3O4/c1-18(2)22-16-23(30)27(37-3)24(25(22)31)26(29(35)36)34-14-12-21(17-34)38-15-6-4-5-9-20-11-10-19-8-7-13-32-28(19)33-20/h10-11,16,18,21,26H,4-9,12-15,17H2,1-3H3,(H,32,33)(H,35,36)/t21-,26+/m1/s1. The summed E-state index contributed by atoms with van der Waals surface area (Å²) in [6, 6.07) is 4.04. The van der Waals surface area contributed by atoms with Gasteiger partial charge in [0, 0.05) is 31.9 Å². The molecule has 0 saturated carbocycles. The topological polar surface area (TPSA) is 83.9 Å². The molecule has 38 heavy (non-hydrogen) atoms. The van der Waals surface area contributed by atoms with Crippen LogP contribution >= 0.6 is 0 Å². The van der Waals surface area contributed by atoms with Crippen LogP contribution < -0.4 is 10.1 Å². The van der Waals surface area contributed by atoms with E-state index in [0.717, 1.165) is 62.6 Å². The van der Waals surface area contributed by atoms with E-state index in [-0.39, 0.29) is 28.9 Å². The molecular formula is C29H39F2N3O4. The second-order valence-electron chi connectivity index (χ2n) is 10.5. The molecule has 4 rings (SSSR count). The van der Waals surface area contributed by atoms with E-state index in [1.54, 1.807) is 18.7 Å². The zero-order valence-electron chi connectivity index (χ0n) is 22.6. The summed E-state index contributed by atoms with van der Waals surface area (Å²) in [6.07, 6.45) is 6.55. The molecule has 0 bridgehead atoms. The Bertz CT molecular complexity index is 1130. The van der Waals surface area contributed by atoms with Gasteiger partial charge in [0.2, 0.25) is 0 Å². The maximum atomic E-state index is 15.5. The Hall–Kier alpha value is -2.78. The molecule has 1 aromatic heterocycles. The van der Waals surface area contributed by atoms with E-state index in [1.165, 1.54) is 12.7 Å². The second kappa shape index (κ2) is 12.8. The van der Waals surface area contributed by atoms with Gasteiger partial charge in [0.1, 0.15) is 17.7 Å². The number of aryl methyl sites for hydroxylation is 2. The first kappa shape index (κ1) is 28.2. The average molecular weight is 532 g/mol. The van der Waals surface area contributed by atoms with Gasteiger partial charge in [-0.25, -0.2) is 13.8 Å². The summed E-state index contributed by atoms with van der Waals surface area (Å²) < 4.78 is 41.4. The fourth-order valence-electron chi connectivity index (χ4n) is 5.45. The maximum absolute atomic E-state index is 15.5. The minimum atomic E-state index is -1.36. The molecule has 0 spiro atoms. The van der Waals surface area contributed by atoms with Crippen LogP contribution in [0.25, 0.3) is 0 Å². The summed E-state index contributed by atoms with van der Waals surface area (Å²) in [5, 5.41) is 13.4. The number of nitrogens with one attached hydrogen (secondary N) is 1. The van der Waals surface area contributed by atoms with Crippen molar-refractivity contribution in [2.45, 2.75) is 76.9 Å². The summed E-state index contributed by atoms with van der Waals surface area (Å²) in [5.41, 5.74) is 2.28. The van der Waals surface area contributed by atoms with Crippen molar-refractivity contribution in [3.63, 3.8) is 0 Å². The van der Waals surface area contributed by atoms with Gasteiger partial charge < -0.3 is 19.9 Å². The number of likely N-dealkylation sites (tertiary alicyclic amines) is 1. The van der Waals surface area contributed by atoms with Gasteiger partial charge in [-0.15, -0.1) is 0 Å². The van der Waals surface area contributed by atoms with Crippen LogP contribution in [0.3, 0.4) is 0 Å². The third-order valence-corrected chi connectivity index (χ3v) is 7.49. The minimum absolute atomic E-state index is 0.137. The third-order valence-electron chi connectivity index (χ3n) is 7.49. The van der Waals surface area contributed by atoms with E-state index in [9.17, 15) is 14.3 Å². The normalized spacial score (nSPS) is 18.3. The Balaban J connectivity index is 1.29. The highest BCUT2D eigenvalue weighted by Gasteiger charge is 2.39. The number of hydrogen-bond acceptors (Lipinski definition) is 6. The SMILES string of the molecule is COc1c(F)cc(C(C)C)c(F)c1[C@@H](C(=O)O)N1CC[C@@H](OCCCCCc2ccc3c(n2)NCCC3)C1. The van der Waals surface area contributed by atoms with Crippen molar-refractivity contribution in [2.24, 2.45) is 0 Å². The predicted molar refractivity (Wildman–Crippen MR) is 142 cm³/mol. The highest BCUT2D eigenvalue weighted by molar-refractivity contribution is 5.77. The molecule has 2 N–H and O–H groups in total. The maximum Gasteiger partial charge on any atom is 0.325 e. The van der Waals surface area contributed by atoms with Crippen LogP contribution in [0.5, 0.6) is 5.75 Å². The third kappa shape index (κ3) is 6.43. The van der Waals surface area contributed by atoms with E-state index < -0.39 is 23.6 Å². The second-order valence-corrected chi connectivity index (χ2v) is 10.5. The molecule has 2 aliphatic rings. The number of anilines is 1. The lowest BCUT2D eigenvalue weighted by Gasteiger charge is -2.27. The number of nitrogens with zero attached hydrogens (tertiary/aromatic N) is 2. The van der Waals surface area contributed by atoms with Gasteiger partial charge in [-0.3, -0.25) is 9.69 Å². The molecule has 7 nitrogen and oxygen atoms in total. The van der Waals surface area contributed by atoms with Crippen LogP contribution in [-0.2, 0) is 22.4 Å². The summed E-state index contributed by atoms with van der Waals surface area (Å²) >= 11 is 0. The van der Waals surface area contributed by atoms with E-state index in [4.69, 9.17) is 14.5 Å². The number of halogens is 2. The monoisotopic (exact) mass is 531 g/mol. The molecule has 2 aromatic rings. The number of carboxylic acids is 1. The van der Waals surface area contributed by atoms with Crippen molar-refractivity contribution < 1.29 is 28.2 Å². The summed E-state index contributed by atoms with van der Waals surface area (Å²) in [6.45, 7) is 5.78. The van der Waals surface area contributed by atoms with Crippen LogP contribution in [-0.4, -0.2) is 60.4 Å². The predicted octanol–water partition coefficient (Wildman–Crippen LogP) is 5.48. The molecule has 208 valence electrons. The number of benzene rings is 1. The van der Waals surface area contributed by atoms with Gasteiger partial charge in [0.15, 0.2) is 11.6 Å². The molecule has 1 aromatic carbocycles. The fraction of sp³-hybridized carbons (Fsp3) is 0.586. The van der Waals surface area contributed by atoms with Gasteiger partial charge in [-0.1, -0.05) is 26.3 Å². The van der Waals surface area contributed by atoms with Gasteiger partial charge in [-0.05, 0) is 67.7 Å². The number of ether oxygens (including phenoxy) is 2. The number of hydrogen-bond donors (Lipinski definition) is 2. The number of aromatic nitrogens is 1. The van der Waals surface area contributed by atoms with Gasteiger partial charge in [0.25, 0.3) is 0 Å². The number of methoxy groups -OCH3 is 1. The number of unbranched alkanes of at least 4 members (excludes halogenated alkanes) is 2. The highest BCUT2D eigenvalue weighted by Crippen LogP contribution is 2.39. The van der Waals surface area contributed by atoms with Crippen molar-refractivity contribution >= 4 is 11.8 Å². The van der Waals surface area contributed by atoms with E-state index >= 15 is 4.39 Å². The van der Waals surface area contributed by atoms with E-state index in [2.05, 4.69) is 17.4 Å². The van der Waals surface area contributed by atoms with Gasteiger partial charge >= 0.3 is 5.97 Å². The molecule has 1 fully saturated rings. The first-order chi connectivity index (χ1) is 18.3.